The zero-order valence-electron chi connectivity index (χ0n) is 16.2. The summed E-state index contributed by atoms with van der Waals surface area (Å²) >= 11 is 5.95. The molecular weight excluding hydrogens is 374 g/mol. The molecular formula is C22H28ClN3O2. The van der Waals surface area contributed by atoms with Crippen LogP contribution < -0.4 is 10.6 Å². The van der Waals surface area contributed by atoms with Gasteiger partial charge in [-0.15, -0.1) is 0 Å². The SMILES string of the molecule is CO[C@H]1C[C@@H]2CNC[C@@H]2C[C@@H]1NC(=O)CCc1ccc(-c2ccc(Cl)cc2)[nH]1. The van der Waals surface area contributed by atoms with Crippen LogP contribution in [-0.2, 0) is 16.0 Å². The lowest BCUT2D eigenvalue weighted by Crippen LogP contribution is -2.50. The largest absolute Gasteiger partial charge is 0.379 e. The van der Waals surface area contributed by atoms with Gasteiger partial charge in [-0.05, 0) is 74.0 Å². The average molecular weight is 402 g/mol. The van der Waals surface area contributed by atoms with Gasteiger partial charge in [-0.2, -0.15) is 0 Å². The van der Waals surface area contributed by atoms with Crippen LogP contribution >= 0.6 is 11.6 Å². The van der Waals surface area contributed by atoms with Crippen molar-refractivity contribution in [1.82, 2.24) is 15.6 Å². The van der Waals surface area contributed by atoms with E-state index in [1.807, 2.05) is 36.4 Å². The second-order valence-corrected chi connectivity index (χ2v) is 8.44. The first-order valence-electron chi connectivity index (χ1n) is 10.1. The highest BCUT2D eigenvalue weighted by atomic mass is 35.5. The van der Waals surface area contributed by atoms with Crippen molar-refractivity contribution in [3.05, 3.63) is 47.1 Å². The maximum atomic E-state index is 12.5. The fourth-order valence-corrected chi connectivity index (χ4v) is 4.73. The van der Waals surface area contributed by atoms with Gasteiger partial charge < -0.3 is 20.4 Å². The van der Waals surface area contributed by atoms with Gasteiger partial charge in [-0.3, -0.25) is 4.79 Å². The van der Waals surface area contributed by atoms with Gasteiger partial charge in [-0.1, -0.05) is 23.7 Å². The molecule has 6 heteroatoms. The van der Waals surface area contributed by atoms with Crippen LogP contribution in [0.4, 0.5) is 0 Å². The highest BCUT2D eigenvalue weighted by Crippen LogP contribution is 2.34. The summed E-state index contributed by atoms with van der Waals surface area (Å²) in [6.45, 7) is 2.14. The van der Waals surface area contributed by atoms with Gasteiger partial charge in [0.1, 0.15) is 0 Å². The molecule has 0 radical (unpaired) electrons. The quantitative estimate of drug-likeness (QED) is 0.695. The first kappa shape index (κ1) is 19.5. The van der Waals surface area contributed by atoms with Crippen molar-refractivity contribution in [3.8, 4) is 11.3 Å². The predicted octanol–water partition coefficient (Wildman–Crippen LogP) is 3.40. The molecule has 2 fully saturated rings. The lowest BCUT2D eigenvalue weighted by molar-refractivity contribution is -0.123. The topological polar surface area (TPSA) is 66.2 Å². The summed E-state index contributed by atoms with van der Waals surface area (Å²) in [5.41, 5.74) is 3.19. The highest BCUT2D eigenvalue weighted by molar-refractivity contribution is 6.30. The molecule has 1 aliphatic carbocycles. The lowest BCUT2D eigenvalue weighted by Gasteiger charge is -2.37. The molecule has 3 N–H and O–H groups in total. The van der Waals surface area contributed by atoms with Gasteiger partial charge in [0.15, 0.2) is 0 Å². The van der Waals surface area contributed by atoms with Crippen LogP contribution in [0, 0.1) is 11.8 Å². The molecule has 2 aromatic rings. The number of methoxy groups -OCH3 is 1. The Balaban J connectivity index is 1.30. The molecule has 2 heterocycles. The van der Waals surface area contributed by atoms with E-state index in [4.69, 9.17) is 16.3 Å². The molecule has 5 nitrogen and oxygen atoms in total. The van der Waals surface area contributed by atoms with E-state index in [1.165, 1.54) is 0 Å². The van der Waals surface area contributed by atoms with Gasteiger partial charge in [0.2, 0.25) is 5.91 Å². The molecule has 4 atom stereocenters. The Morgan fingerprint density at radius 3 is 2.64 bits per heavy atom. The Bertz CT molecular complexity index is 804. The van der Waals surface area contributed by atoms with Crippen LogP contribution in [-0.4, -0.2) is 43.2 Å². The molecule has 1 saturated carbocycles. The first-order valence-corrected chi connectivity index (χ1v) is 10.5. The van der Waals surface area contributed by atoms with Gasteiger partial charge in [0.05, 0.1) is 12.1 Å². The molecule has 1 aromatic carbocycles. The zero-order valence-corrected chi connectivity index (χ0v) is 17.0. The van der Waals surface area contributed by atoms with Crippen molar-refractivity contribution in [1.29, 1.82) is 0 Å². The number of aryl methyl sites for hydroxylation is 1. The Morgan fingerprint density at radius 2 is 1.89 bits per heavy atom. The minimum absolute atomic E-state index is 0.0964. The number of hydrogen-bond donors (Lipinski definition) is 3. The van der Waals surface area contributed by atoms with Crippen LogP contribution in [0.3, 0.4) is 0 Å². The van der Waals surface area contributed by atoms with E-state index in [2.05, 4.69) is 15.6 Å². The number of H-pyrrole nitrogens is 1. The Hall–Kier alpha value is -1.82. The molecule has 0 bridgehead atoms. The first-order chi connectivity index (χ1) is 13.6. The van der Waals surface area contributed by atoms with Crippen LogP contribution in [0.1, 0.15) is 25.0 Å². The van der Waals surface area contributed by atoms with Crippen molar-refractivity contribution in [2.24, 2.45) is 11.8 Å². The Labute approximate surface area is 171 Å². The number of halogens is 1. The number of hydrogen-bond acceptors (Lipinski definition) is 3. The van der Waals surface area contributed by atoms with Crippen molar-refractivity contribution >= 4 is 17.5 Å². The third-order valence-corrected chi connectivity index (χ3v) is 6.44. The number of rotatable bonds is 6. The van der Waals surface area contributed by atoms with Crippen LogP contribution in [0.25, 0.3) is 11.3 Å². The van der Waals surface area contributed by atoms with Crippen molar-refractivity contribution in [2.75, 3.05) is 20.2 Å². The van der Waals surface area contributed by atoms with Crippen molar-refractivity contribution in [2.45, 2.75) is 37.8 Å². The molecule has 1 saturated heterocycles. The smallest absolute Gasteiger partial charge is 0.220 e. The molecule has 2 aliphatic rings. The molecule has 28 heavy (non-hydrogen) atoms. The fraction of sp³-hybridized carbons (Fsp3) is 0.500. The second kappa shape index (κ2) is 8.68. The number of aromatic amines is 1. The van der Waals surface area contributed by atoms with Gasteiger partial charge in [0.25, 0.3) is 0 Å². The van der Waals surface area contributed by atoms with E-state index < -0.39 is 0 Å². The number of carbonyl (C=O) groups excluding carboxylic acids is 1. The monoisotopic (exact) mass is 401 g/mol. The Kier molecular flexibility index (Phi) is 6.04. The fourth-order valence-electron chi connectivity index (χ4n) is 4.60. The third-order valence-electron chi connectivity index (χ3n) is 6.19. The molecule has 1 aromatic heterocycles. The number of fused-ring (bicyclic) bond motifs is 1. The second-order valence-electron chi connectivity index (χ2n) is 8.00. The molecule has 4 rings (SSSR count). The number of aromatic nitrogens is 1. The van der Waals surface area contributed by atoms with E-state index in [1.54, 1.807) is 7.11 Å². The standard InChI is InChI=1S/C22H28ClN3O2/c1-28-21-11-16-13-24-12-15(16)10-20(21)26-22(27)9-7-18-6-8-19(25-18)14-2-4-17(23)5-3-14/h2-6,8,15-16,20-21,24-25H,7,9-13H2,1H3,(H,26,27)/t15-,16+,20-,21-/m0/s1. The van der Waals surface area contributed by atoms with Crippen molar-refractivity contribution < 1.29 is 9.53 Å². The van der Waals surface area contributed by atoms with Gasteiger partial charge in [0, 0.05) is 29.9 Å². The van der Waals surface area contributed by atoms with E-state index in [9.17, 15) is 4.79 Å². The van der Waals surface area contributed by atoms with E-state index >= 15 is 0 Å². The lowest BCUT2D eigenvalue weighted by atomic mass is 9.77. The maximum absolute atomic E-state index is 12.5. The van der Waals surface area contributed by atoms with E-state index in [0.29, 0.717) is 24.7 Å². The maximum Gasteiger partial charge on any atom is 0.220 e. The van der Waals surface area contributed by atoms with Gasteiger partial charge in [-0.25, -0.2) is 0 Å². The highest BCUT2D eigenvalue weighted by Gasteiger charge is 2.40. The summed E-state index contributed by atoms with van der Waals surface area (Å²) in [6.07, 6.45) is 3.31. The molecule has 150 valence electrons. The number of nitrogens with one attached hydrogen (secondary N) is 3. The third kappa shape index (κ3) is 4.43. The average Bonchev–Trinajstić information content (AvgIpc) is 3.35. The van der Waals surface area contributed by atoms with Crippen LogP contribution in [0.15, 0.2) is 36.4 Å². The summed E-state index contributed by atoms with van der Waals surface area (Å²) in [5.74, 6) is 1.43. The van der Waals surface area contributed by atoms with E-state index in [0.717, 1.165) is 47.9 Å². The summed E-state index contributed by atoms with van der Waals surface area (Å²) in [6, 6.07) is 12.0. The van der Waals surface area contributed by atoms with Crippen LogP contribution in [0.2, 0.25) is 5.02 Å². The minimum atomic E-state index is 0.0964. The van der Waals surface area contributed by atoms with Gasteiger partial charge >= 0.3 is 0 Å². The summed E-state index contributed by atoms with van der Waals surface area (Å²) in [5, 5.41) is 7.42. The zero-order chi connectivity index (χ0) is 19.5. The summed E-state index contributed by atoms with van der Waals surface area (Å²) < 4.78 is 5.68. The molecule has 0 unspecified atom stereocenters. The summed E-state index contributed by atoms with van der Waals surface area (Å²) in [7, 11) is 1.75. The summed E-state index contributed by atoms with van der Waals surface area (Å²) in [4.78, 5) is 15.9. The van der Waals surface area contributed by atoms with E-state index in [-0.39, 0.29) is 18.1 Å². The molecule has 0 spiro atoms. The predicted molar refractivity (Wildman–Crippen MR) is 111 cm³/mol. The molecule has 1 amide bonds. The normalized spacial score (nSPS) is 26.8. The number of ether oxygens (including phenoxy) is 1. The Morgan fingerprint density at radius 1 is 1.14 bits per heavy atom. The number of carbonyl (C=O) groups is 1. The van der Waals surface area contributed by atoms with Crippen molar-refractivity contribution in [3.63, 3.8) is 0 Å². The number of benzene rings is 1. The minimum Gasteiger partial charge on any atom is -0.379 e. The number of amides is 1. The molecule has 1 aliphatic heterocycles. The van der Waals surface area contributed by atoms with Crippen LogP contribution in [0.5, 0.6) is 0 Å².